The van der Waals surface area contributed by atoms with Gasteiger partial charge in [-0.1, -0.05) is 13.8 Å². The highest BCUT2D eigenvalue weighted by Crippen LogP contribution is 2.25. The van der Waals surface area contributed by atoms with Crippen molar-refractivity contribution in [1.29, 1.82) is 0 Å². The molecule has 2 heterocycles. The highest BCUT2D eigenvalue weighted by Gasteiger charge is 2.40. The summed E-state index contributed by atoms with van der Waals surface area (Å²) in [4.78, 5) is 54.8. The van der Waals surface area contributed by atoms with E-state index in [-0.39, 0.29) is 29.6 Å². The molecule has 2 fully saturated rings. The number of carbonyl (C=O) groups is 4. The van der Waals surface area contributed by atoms with Gasteiger partial charge in [0.2, 0.25) is 17.7 Å². The number of hydrogen-bond acceptors (Lipinski definition) is 5. The standard InChI is InChI=1S/C27H39FN4O5/c1-17(2)22(24(34)29-20-10-8-19(28)9-11-20)30-23(33)18-12-15-31(16-13-18)25(35)21-7-6-14-32(21)26(36)37-27(3,4)5/h8-11,17-18,21-22H,6-7,12-16H2,1-5H3,(H,29,34)(H,30,33)/t21-,22+/m0/s1. The van der Waals surface area contributed by atoms with Crippen LogP contribution in [0.2, 0.25) is 0 Å². The van der Waals surface area contributed by atoms with Gasteiger partial charge in [0.1, 0.15) is 23.5 Å². The molecule has 2 aliphatic heterocycles. The lowest BCUT2D eigenvalue weighted by atomic mass is 9.94. The van der Waals surface area contributed by atoms with Crippen LogP contribution in [-0.2, 0) is 19.1 Å². The first-order valence-electron chi connectivity index (χ1n) is 13.0. The van der Waals surface area contributed by atoms with Gasteiger partial charge < -0.3 is 20.3 Å². The lowest BCUT2D eigenvalue weighted by Gasteiger charge is -2.36. The Labute approximate surface area is 218 Å². The average Bonchev–Trinajstić information content (AvgIpc) is 3.32. The fourth-order valence-electron chi connectivity index (χ4n) is 4.69. The largest absolute Gasteiger partial charge is 0.444 e. The first-order valence-corrected chi connectivity index (χ1v) is 13.0. The summed E-state index contributed by atoms with van der Waals surface area (Å²) >= 11 is 0. The summed E-state index contributed by atoms with van der Waals surface area (Å²) in [5.41, 5.74) is -0.187. The lowest BCUT2D eigenvalue weighted by molar-refractivity contribution is -0.139. The smallest absolute Gasteiger partial charge is 0.410 e. The minimum Gasteiger partial charge on any atom is -0.444 e. The summed E-state index contributed by atoms with van der Waals surface area (Å²) in [6.45, 7) is 10.4. The van der Waals surface area contributed by atoms with E-state index in [1.807, 2.05) is 13.8 Å². The van der Waals surface area contributed by atoms with Crippen molar-refractivity contribution in [2.24, 2.45) is 11.8 Å². The van der Waals surface area contributed by atoms with E-state index in [0.717, 1.165) is 6.42 Å². The first-order chi connectivity index (χ1) is 17.4. The number of nitrogens with one attached hydrogen (secondary N) is 2. The van der Waals surface area contributed by atoms with Crippen LogP contribution in [-0.4, -0.2) is 70.9 Å². The summed E-state index contributed by atoms with van der Waals surface area (Å²) < 4.78 is 18.6. The molecule has 0 aromatic heterocycles. The molecule has 1 aromatic rings. The summed E-state index contributed by atoms with van der Waals surface area (Å²) in [7, 11) is 0. The lowest BCUT2D eigenvalue weighted by Crippen LogP contribution is -2.53. The molecule has 4 amide bonds. The van der Waals surface area contributed by atoms with Gasteiger partial charge in [-0.2, -0.15) is 0 Å². The Bertz CT molecular complexity index is 984. The maximum absolute atomic E-state index is 13.2. The Morgan fingerprint density at radius 2 is 1.62 bits per heavy atom. The molecule has 0 spiro atoms. The Kier molecular flexibility index (Phi) is 9.15. The maximum atomic E-state index is 13.2. The molecule has 0 bridgehead atoms. The van der Waals surface area contributed by atoms with Crippen LogP contribution < -0.4 is 10.6 Å². The number of anilines is 1. The molecule has 0 aliphatic carbocycles. The Morgan fingerprint density at radius 1 is 1.00 bits per heavy atom. The molecule has 37 heavy (non-hydrogen) atoms. The van der Waals surface area contributed by atoms with Gasteiger partial charge in [-0.15, -0.1) is 0 Å². The van der Waals surface area contributed by atoms with Crippen LogP contribution in [0.15, 0.2) is 24.3 Å². The summed E-state index contributed by atoms with van der Waals surface area (Å²) in [5, 5.41) is 5.59. The highest BCUT2D eigenvalue weighted by atomic mass is 19.1. The topological polar surface area (TPSA) is 108 Å². The molecular formula is C27H39FN4O5. The molecule has 3 rings (SSSR count). The van der Waals surface area contributed by atoms with Crippen LogP contribution >= 0.6 is 0 Å². The second kappa shape index (κ2) is 11.9. The van der Waals surface area contributed by atoms with Crippen LogP contribution in [0.1, 0.15) is 60.3 Å². The monoisotopic (exact) mass is 518 g/mol. The highest BCUT2D eigenvalue weighted by molar-refractivity contribution is 5.97. The number of ether oxygens (including phenoxy) is 1. The number of benzene rings is 1. The van der Waals surface area contributed by atoms with Gasteiger partial charge in [0.15, 0.2) is 0 Å². The molecule has 0 radical (unpaired) electrons. The third-order valence-electron chi connectivity index (χ3n) is 6.70. The number of amides is 4. The molecule has 2 atom stereocenters. The van der Waals surface area contributed by atoms with E-state index in [4.69, 9.17) is 4.74 Å². The van der Waals surface area contributed by atoms with Crippen LogP contribution in [0.4, 0.5) is 14.9 Å². The van der Waals surface area contributed by atoms with E-state index in [2.05, 4.69) is 10.6 Å². The number of halogens is 1. The van der Waals surface area contributed by atoms with Gasteiger partial charge in [0, 0.05) is 31.2 Å². The van der Waals surface area contributed by atoms with Crippen LogP contribution in [0.25, 0.3) is 0 Å². The van der Waals surface area contributed by atoms with Gasteiger partial charge in [-0.05, 0) is 76.6 Å². The van der Waals surface area contributed by atoms with Gasteiger partial charge in [-0.25, -0.2) is 9.18 Å². The molecule has 1 aromatic carbocycles. The summed E-state index contributed by atoms with van der Waals surface area (Å²) in [5.74, 6) is -1.59. The summed E-state index contributed by atoms with van der Waals surface area (Å²) in [6.07, 6.45) is 1.81. The SMILES string of the molecule is CC(C)[C@@H](NC(=O)C1CCN(C(=O)[C@@H]2CCCN2C(=O)OC(C)(C)C)CC1)C(=O)Nc1ccc(F)cc1. The summed E-state index contributed by atoms with van der Waals surface area (Å²) in [6, 6.07) is 4.15. The quantitative estimate of drug-likeness (QED) is 0.599. The fourth-order valence-corrected chi connectivity index (χ4v) is 4.69. The van der Waals surface area contributed by atoms with Crippen molar-refractivity contribution >= 4 is 29.5 Å². The predicted molar refractivity (Wildman–Crippen MR) is 137 cm³/mol. The number of rotatable bonds is 6. The Hall–Kier alpha value is -3.17. The van der Waals surface area contributed by atoms with Crippen molar-refractivity contribution in [1.82, 2.24) is 15.1 Å². The van der Waals surface area contributed by atoms with Crippen molar-refractivity contribution < 1.29 is 28.3 Å². The van der Waals surface area contributed by atoms with Crippen molar-refractivity contribution in [2.75, 3.05) is 25.0 Å². The van der Waals surface area contributed by atoms with E-state index < -0.39 is 29.6 Å². The molecule has 10 heteroatoms. The molecule has 204 valence electrons. The first kappa shape index (κ1) is 28.4. The number of carbonyl (C=O) groups excluding carboxylic acids is 4. The van der Waals surface area contributed by atoms with E-state index in [1.165, 1.54) is 29.2 Å². The zero-order chi connectivity index (χ0) is 27.3. The van der Waals surface area contributed by atoms with Crippen LogP contribution in [0.5, 0.6) is 0 Å². The molecular weight excluding hydrogens is 479 g/mol. The maximum Gasteiger partial charge on any atom is 0.410 e. The zero-order valence-electron chi connectivity index (χ0n) is 22.4. The number of likely N-dealkylation sites (tertiary alicyclic amines) is 2. The third-order valence-corrected chi connectivity index (χ3v) is 6.70. The van der Waals surface area contributed by atoms with Crippen molar-refractivity contribution in [3.05, 3.63) is 30.1 Å². The Morgan fingerprint density at radius 3 is 2.19 bits per heavy atom. The number of nitrogens with zero attached hydrogens (tertiary/aromatic N) is 2. The van der Waals surface area contributed by atoms with Crippen molar-refractivity contribution in [3.63, 3.8) is 0 Å². The van der Waals surface area contributed by atoms with Crippen molar-refractivity contribution in [2.45, 2.75) is 78.0 Å². The van der Waals surface area contributed by atoms with E-state index >= 15 is 0 Å². The Balaban J connectivity index is 1.53. The van der Waals surface area contributed by atoms with Gasteiger partial charge in [0.25, 0.3) is 0 Å². The van der Waals surface area contributed by atoms with Crippen LogP contribution in [0, 0.1) is 17.7 Å². The number of hydrogen-bond donors (Lipinski definition) is 2. The fraction of sp³-hybridized carbons (Fsp3) is 0.630. The molecule has 0 unspecified atom stereocenters. The molecule has 9 nitrogen and oxygen atoms in total. The predicted octanol–water partition coefficient (Wildman–Crippen LogP) is 3.54. The molecule has 2 aliphatic rings. The molecule has 0 saturated carbocycles. The second-order valence-corrected chi connectivity index (χ2v) is 11.2. The zero-order valence-corrected chi connectivity index (χ0v) is 22.4. The van der Waals surface area contributed by atoms with Gasteiger partial charge >= 0.3 is 6.09 Å². The third kappa shape index (κ3) is 7.66. The molecule has 2 N–H and O–H groups in total. The van der Waals surface area contributed by atoms with E-state index in [0.29, 0.717) is 44.6 Å². The second-order valence-electron chi connectivity index (χ2n) is 11.2. The van der Waals surface area contributed by atoms with Crippen molar-refractivity contribution in [3.8, 4) is 0 Å². The van der Waals surface area contributed by atoms with E-state index in [1.54, 1.807) is 25.7 Å². The minimum absolute atomic E-state index is 0.110. The van der Waals surface area contributed by atoms with E-state index in [9.17, 15) is 23.6 Å². The van der Waals surface area contributed by atoms with Crippen LogP contribution in [0.3, 0.4) is 0 Å². The number of piperidine rings is 1. The van der Waals surface area contributed by atoms with Gasteiger partial charge in [-0.3, -0.25) is 19.3 Å². The molecule has 2 saturated heterocycles. The minimum atomic E-state index is -0.752. The average molecular weight is 519 g/mol. The van der Waals surface area contributed by atoms with Gasteiger partial charge in [0.05, 0.1) is 0 Å². The normalized spacial score (nSPS) is 19.5.